The van der Waals surface area contributed by atoms with E-state index in [1.807, 2.05) is 18.2 Å². The molecule has 1 atom stereocenters. The molecule has 1 amide bonds. The lowest BCUT2D eigenvalue weighted by molar-refractivity contribution is 0.0900. The first kappa shape index (κ1) is 14.8. The molecule has 4 nitrogen and oxygen atoms in total. The van der Waals surface area contributed by atoms with E-state index in [-0.39, 0.29) is 5.91 Å². The Morgan fingerprint density at radius 3 is 2.91 bits per heavy atom. The monoisotopic (exact) mass is 312 g/mol. The molecule has 0 unspecified atom stereocenters. The topological polar surface area (TPSA) is 43.3 Å². The maximum absolute atomic E-state index is 12.6. The van der Waals surface area contributed by atoms with Gasteiger partial charge in [0.05, 0.1) is 6.10 Å². The van der Waals surface area contributed by atoms with Crippen LogP contribution in [0.4, 0.5) is 0 Å². The van der Waals surface area contributed by atoms with Gasteiger partial charge in [0.1, 0.15) is 5.69 Å². The number of ether oxygens (including phenoxy) is 1. The summed E-state index contributed by atoms with van der Waals surface area (Å²) >= 11 is 0. The zero-order valence-electron chi connectivity index (χ0n) is 13.5. The van der Waals surface area contributed by atoms with Crippen LogP contribution < -0.4 is 5.32 Å². The van der Waals surface area contributed by atoms with Crippen molar-refractivity contribution in [2.75, 3.05) is 13.2 Å². The summed E-state index contributed by atoms with van der Waals surface area (Å²) in [6, 6.07) is 10.3. The van der Waals surface area contributed by atoms with E-state index >= 15 is 0 Å². The first-order valence-corrected chi connectivity index (χ1v) is 8.79. The van der Waals surface area contributed by atoms with Gasteiger partial charge >= 0.3 is 0 Å². The quantitative estimate of drug-likeness (QED) is 0.889. The summed E-state index contributed by atoms with van der Waals surface area (Å²) in [5.74, 6) is 0.782. The number of aromatic nitrogens is 1. The first-order chi connectivity index (χ1) is 11.3. The van der Waals surface area contributed by atoms with Crippen molar-refractivity contribution in [1.82, 2.24) is 9.88 Å². The molecule has 1 aliphatic carbocycles. The molecule has 0 radical (unpaired) electrons. The van der Waals surface area contributed by atoms with Gasteiger partial charge in [0.15, 0.2) is 0 Å². The molecule has 4 rings (SSSR count). The van der Waals surface area contributed by atoms with Gasteiger partial charge in [0, 0.05) is 30.6 Å². The van der Waals surface area contributed by atoms with Crippen molar-refractivity contribution in [2.45, 2.75) is 44.8 Å². The Morgan fingerprint density at radius 1 is 1.26 bits per heavy atom. The van der Waals surface area contributed by atoms with Crippen molar-refractivity contribution in [3.8, 4) is 0 Å². The van der Waals surface area contributed by atoms with Crippen molar-refractivity contribution >= 4 is 16.8 Å². The van der Waals surface area contributed by atoms with E-state index < -0.39 is 0 Å². The van der Waals surface area contributed by atoms with Crippen molar-refractivity contribution in [3.05, 3.63) is 36.0 Å². The Morgan fingerprint density at radius 2 is 2.13 bits per heavy atom. The number of amides is 1. The van der Waals surface area contributed by atoms with Crippen LogP contribution in [0.2, 0.25) is 0 Å². The summed E-state index contributed by atoms with van der Waals surface area (Å²) in [7, 11) is 0. The second-order valence-corrected chi connectivity index (χ2v) is 6.82. The summed E-state index contributed by atoms with van der Waals surface area (Å²) in [6.07, 6.45) is 6.08. The van der Waals surface area contributed by atoms with Crippen LogP contribution in [0.1, 0.15) is 42.6 Å². The third-order valence-corrected chi connectivity index (χ3v) is 4.96. The van der Waals surface area contributed by atoms with E-state index in [0.29, 0.717) is 12.6 Å². The van der Waals surface area contributed by atoms with Gasteiger partial charge in [-0.2, -0.15) is 0 Å². The van der Waals surface area contributed by atoms with Crippen LogP contribution in [0, 0.1) is 5.92 Å². The lowest BCUT2D eigenvalue weighted by Crippen LogP contribution is -2.29. The van der Waals surface area contributed by atoms with E-state index in [1.54, 1.807) is 0 Å². The van der Waals surface area contributed by atoms with Gasteiger partial charge in [-0.05, 0) is 50.2 Å². The Hall–Kier alpha value is -1.81. The fourth-order valence-corrected chi connectivity index (χ4v) is 3.46. The van der Waals surface area contributed by atoms with Crippen molar-refractivity contribution in [1.29, 1.82) is 0 Å². The van der Waals surface area contributed by atoms with Gasteiger partial charge in [0.2, 0.25) is 0 Å². The number of carbonyl (C=O) groups excluding carboxylic acids is 1. The highest BCUT2D eigenvalue weighted by Crippen LogP contribution is 2.33. The van der Waals surface area contributed by atoms with Gasteiger partial charge in [-0.25, -0.2) is 0 Å². The molecular weight excluding hydrogens is 288 g/mol. The van der Waals surface area contributed by atoms with Crippen molar-refractivity contribution in [3.63, 3.8) is 0 Å². The summed E-state index contributed by atoms with van der Waals surface area (Å²) < 4.78 is 7.82. The molecule has 23 heavy (non-hydrogen) atoms. The molecule has 2 aliphatic rings. The van der Waals surface area contributed by atoms with Crippen LogP contribution in [0.15, 0.2) is 30.3 Å². The van der Waals surface area contributed by atoms with E-state index in [9.17, 15) is 4.79 Å². The predicted molar refractivity (Wildman–Crippen MR) is 90.6 cm³/mol. The summed E-state index contributed by atoms with van der Waals surface area (Å²) in [5, 5.41) is 4.23. The number of fused-ring (bicyclic) bond motifs is 1. The standard InChI is InChI=1S/C19H24N2O2/c22-19(20-10-9-16-5-3-11-23-16)18-12-15-4-1-2-6-17(15)21(18)13-14-7-8-14/h1-2,4,6,12,14,16H,3,5,7-11,13H2,(H,20,22)/t16-/m1/s1. The summed E-state index contributed by atoms with van der Waals surface area (Å²) in [6.45, 7) is 2.52. The van der Waals surface area contributed by atoms with Crippen LogP contribution in [-0.2, 0) is 11.3 Å². The smallest absolute Gasteiger partial charge is 0.267 e. The molecule has 122 valence electrons. The Balaban J connectivity index is 1.48. The van der Waals surface area contributed by atoms with Gasteiger partial charge in [0.25, 0.3) is 5.91 Å². The zero-order valence-corrected chi connectivity index (χ0v) is 13.5. The number of hydrogen-bond acceptors (Lipinski definition) is 2. The van der Waals surface area contributed by atoms with Crippen LogP contribution in [-0.4, -0.2) is 29.7 Å². The highest BCUT2D eigenvalue weighted by molar-refractivity contribution is 5.98. The normalized spacial score (nSPS) is 21.0. The van der Waals surface area contributed by atoms with Gasteiger partial charge in [-0.1, -0.05) is 18.2 Å². The van der Waals surface area contributed by atoms with Crippen LogP contribution in [0.25, 0.3) is 10.9 Å². The highest BCUT2D eigenvalue weighted by atomic mass is 16.5. The number of benzene rings is 1. The number of rotatable bonds is 6. The minimum atomic E-state index is 0.0415. The SMILES string of the molecule is O=C(NCC[C@H]1CCCO1)c1cc2ccccc2n1CC1CC1. The molecule has 2 fully saturated rings. The maximum atomic E-state index is 12.6. The number of nitrogens with one attached hydrogen (secondary N) is 1. The molecule has 1 saturated heterocycles. The minimum Gasteiger partial charge on any atom is -0.378 e. The number of carbonyl (C=O) groups is 1. The summed E-state index contributed by atoms with van der Waals surface area (Å²) in [5.41, 5.74) is 1.97. The molecule has 1 N–H and O–H groups in total. The average Bonchev–Trinajstić information content (AvgIpc) is 3.09. The predicted octanol–water partition coefficient (Wildman–Crippen LogP) is 3.35. The molecule has 0 spiro atoms. The Labute approximate surface area is 136 Å². The fraction of sp³-hybridized carbons (Fsp3) is 0.526. The molecular formula is C19H24N2O2. The van der Waals surface area contributed by atoms with E-state index in [1.165, 1.54) is 18.4 Å². The van der Waals surface area contributed by atoms with Crippen molar-refractivity contribution < 1.29 is 9.53 Å². The van der Waals surface area contributed by atoms with E-state index in [4.69, 9.17) is 4.74 Å². The third kappa shape index (κ3) is 3.27. The minimum absolute atomic E-state index is 0.0415. The molecule has 1 saturated carbocycles. The second-order valence-electron chi connectivity index (χ2n) is 6.82. The molecule has 2 aromatic rings. The lowest BCUT2D eigenvalue weighted by Gasteiger charge is -2.12. The average molecular weight is 312 g/mol. The van der Waals surface area contributed by atoms with E-state index in [2.05, 4.69) is 22.0 Å². The molecule has 2 heterocycles. The number of nitrogens with zero attached hydrogens (tertiary/aromatic N) is 1. The highest BCUT2D eigenvalue weighted by Gasteiger charge is 2.25. The molecule has 1 aromatic heterocycles. The lowest BCUT2D eigenvalue weighted by atomic mass is 10.2. The number of para-hydroxylation sites is 1. The Bertz CT molecular complexity index is 696. The van der Waals surface area contributed by atoms with Gasteiger partial charge < -0.3 is 14.6 Å². The zero-order chi connectivity index (χ0) is 15.6. The third-order valence-electron chi connectivity index (χ3n) is 4.96. The second kappa shape index (κ2) is 6.36. The fourth-order valence-electron chi connectivity index (χ4n) is 3.46. The first-order valence-electron chi connectivity index (χ1n) is 8.79. The number of hydrogen-bond donors (Lipinski definition) is 1. The van der Waals surface area contributed by atoms with Crippen LogP contribution >= 0.6 is 0 Å². The maximum Gasteiger partial charge on any atom is 0.267 e. The molecule has 1 aromatic carbocycles. The van der Waals surface area contributed by atoms with Gasteiger partial charge in [-0.15, -0.1) is 0 Å². The largest absolute Gasteiger partial charge is 0.378 e. The van der Waals surface area contributed by atoms with Crippen LogP contribution in [0.3, 0.4) is 0 Å². The van der Waals surface area contributed by atoms with Crippen LogP contribution in [0.5, 0.6) is 0 Å². The molecule has 1 aliphatic heterocycles. The Kier molecular flexibility index (Phi) is 4.08. The molecule has 4 heteroatoms. The summed E-state index contributed by atoms with van der Waals surface area (Å²) in [4.78, 5) is 12.6. The van der Waals surface area contributed by atoms with Gasteiger partial charge in [-0.3, -0.25) is 4.79 Å². The molecule has 0 bridgehead atoms. The van der Waals surface area contributed by atoms with E-state index in [0.717, 1.165) is 49.4 Å². The van der Waals surface area contributed by atoms with Crippen molar-refractivity contribution in [2.24, 2.45) is 5.92 Å².